The van der Waals surface area contributed by atoms with Gasteiger partial charge in [-0.15, -0.1) is 0 Å². The molecule has 0 radical (unpaired) electrons. The van der Waals surface area contributed by atoms with Crippen LogP contribution in [0.15, 0.2) is 54.6 Å². The summed E-state index contributed by atoms with van der Waals surface area (Å²) in [4.78, 5) is 11.0. The monoisotopic (exact) mass is 268 g/mol. The van der Waals surface area contributed by atoms with Crippen molar-refractivity contribution in [3.63, 3.8) is 0 Å². The minimum Gasteiger partial charge on any atom is -0.497 e. The van der Waals surface area contributed by atoms with Gasteiger partial charge < -0.3 is 9.47 Å². The van der Waals surface area contributed by atoms with Crippen LogP contribution in [0.4, 0.5) is 0 Å². The van der Waals surface area contributed by atoms with Crippen LogP contribution in [0, 0.1) is 0 Å². The standard InChI is InChI=1S/C17H16O3/c1-19-16-10-8-15(9-11-16)14-6-3-13(4-7-14)5-12-17(18)20-2/h3-12H,1-2H3. The van der Waals surface area contributed by atoms with E-state index in [0.29, 0.717) is 0 Å². The number of hydrogen-bond donors (Lipinski definition) is 0. The van der Waals surface area contributed by atoms with E-state index in [-0.39, 0.29) is 5.97 Å². The molecule has 0 bridgehead atoms. The molecule has 0 fully saturated rings. The molecule has 20 heavy (non-hydrogen) atoms. The summed E-state index contributed by atoms with van der Waals surface area (Å²) in [5.41, 5.74) is 3.19. The van der Waals surface area contributed by atoms with Crippen molar-refractivity contribution in [3.8, 4) is 16.9 Å². The number of carbonyl (C=O) groups excluding carboxylic acids is 1. The molecule has 0 amide bonds. The van der Waals surface area contributed by atoms with Crippen molar-refractivity contribution >= 4 is 12.0 Å². The van der Waals surface area contributed by atoms with Gasteiger partial charge in [-0.05, 0) is 34.9 Å². The fraction of sp³-hybridized carbons (Fsp3) is 0.118. The van der Waals surface area contributed by atoms with Crippen LogP contribution in [-0.2, 0) is 9.53 Å². The molecule has 0 aliphatic rings. The Bertz CT molecular complexity index is 595. The lowest BCUT2D eigenvalue weighted by Crippen LogP contribution is -1.93. The first-order valence-corrected chi connectivity index (χ1v) is 6.23. The van der Waals surface area contributed by atoms with Crippen LogP contribution in [0.1, 0.15) is 5.56 Å². The molecule has 0 saturated carbocycles. The lowest BCUT2D eigenvalue weighted by atomic mass is 10.0. The molecule has 3 nitrogen and oxygen atoms in total. The highest BCUT2D eigenvalue weighted by Crippen LogP contribution is 2.22. The van der Waals surface area contributed by atoms with Crippen molar-refractivity contribution in [3.05, 3.63) is 60.2 Å². The van der Waals surface area contributed by atoms with Gasteiger partial charge in [0.15, 0.2) is 0 Å². The molecule has 0 N–H and O–H groups in total. The maximum Gasteiger partial charge on any atom is 0.330 e. The highest BCUT2D eigenvalue weighted by Gasteiger charge is 1.98. The van der Waals surface area contributed by atoms with Gasteiger partial charge >= 0.3 is 5.97 Å². The molecule has 3 heteroatoms. The molecule has 0 atom stereocenters. The Morgan fingerprint density at radius 3 is 1.95 bits per heavy atom. The first-order chi connectivity index (χ1) is 9.72. The van der Waals surface area contributed by atoms with Crippen LogP contribution >= 0.6 is 0 Å². The van der Waals surface area contributed by atoms with Gasteiger partial charge in [-0.3, -0.25) is 0 Å². The average Bonchev–Trinajstić information content (AvgIpc) is 2.53. The van der Waals surface area contributed by atoms with Gasteiger partial charge in [-0.1, -0.05) is 36.4 Å². The topological polar surface area (TPSA) is 35.5 Å². The number of rotatable bonds is 4. The molecule has 0 spiro atoms. The predicted molar refractivity (Wildman–Crippen MR) is 79.5 cm³/mol. The van der Waals surface area contributed by atoms with E-state index in [0.717, 1.165) is 22.4 Å². The third-order valence-corrected chi connectivity index (χ3v) is 2.95. The van der Waals surface area contributed by atoms with E-state index in [4.69, 9.17) is 4.74 Å². The maximum absolute atomic E-state index is 11.0. The summed E-state index contributed by atoms with van der Waals surface area (Å²) in [7, 11) is 3.01. The van der Waals surface area contributed by atoms with Crippen molar-refractivity contribution in [1.29, 1.82) is 0 Å². The van der Waals surface area contributed by atoms with E-state index < -0.39 is 0 Å². The molecular weight excluding hydrogens is 252 g/mol. The quantitative estimate of drug-likeness (QED) is 0.628. The van der Waals surface area contributed by atoms with Crippen LogP contribution < -0.4 is 4.74 Å². The lowest BCUT2D eigenvalue weighted by Gasteiger charge is -2.04. The summed E-state index contributed by atoms with van der Waals surface area (Å²) in [6.45, 7) is 0. The fourth-order valence-electron chi connectivity index (χ4n) is 1.80. The van der Waals surface area contributed by atoms with Crippen LogP contribution in [0.25, 0.3) is 17.2 Å². The van der Waals surface area contributed by atoms with Gasteiger partial charge in [0.1, 0.15) is 5.75 Å². The zero-order valence-corrected chi connectivity index (χ0v) is 11.5. The summed E-state index contributed by atoms with van der Waals surface area (Å²) in [6, 6.07) is 15.8. The Morgan fingerprint density at radius 1 is 0.900 bits per heavy atom. The third-order valence-electron chi connectivity index (χ3n) is 2.95. The first-order valence-electron chi connectivity index (χ1n) is 6.23. The number of hydrogen-bond acceptors (Lipinski definition) is 3. The lowest BCUT2D eigenvalue weighted by molar-refractivity contribution is -0.134. The molecule has 0 saturated heterocycles. The largest absolute Gasteiger partial charge is 0.497 e. The smallest absolute Gasteiger partial charge is 0.330 e. The molecule has 0 aliphatic heterocycles. The van der Waals surface area contributed by atoms with E-state index in [1.807, 2.05) is 48.5 Å². The summed E-state index contributed by atoms with van der Waals surface area (Å²) in [6.07, 6.45) is 3.13. The minimum atomic E-state index is -0.357. The highest BCUT2D eigenvalue weighted by molar-refractivity contribution is 5.87. The number of methoxy groups -OCH3 is 2. The van der Waals surface area contributed by atoms with E-state index in [2.05, 4.69) is 4.74 Å². The van der Waals surface area contributed by atoms with Crippen molar-refractivity contribution in [1.82, 2.24) is 0 Å². The molecule has 2 rings (SSSR count). The van der Waals surface area contributed by atoms with E-state index in [9.17, 15) is 4.79 Å². The number of benzene rings is 2. The van der Waals surface area contributed by atoms with Crippen LogP contribution in [-0.4, -0.2) is 20.2 Å². The zero-order chi connectivity index (χ0) is 14.4. The molecule has 2 aromatic rings. The second-order valence-corrected chi connectivity index (χ2v) is 4.21. The summed E-state index contributed by atoms with van der Waals surface area (Å²) in [5, 5.41) is 0. The van der Waals surface area contributed by atoms with Gasteiger partial charge in [0.05, 0.1) is 14.2 Å². The Hall–Kier alpha value is -2.55. The molecule has 0 aromatic heterocycles. The van der Waals surface area contributed by atoms with Crippen molar-refractivity contribution in [2.24, 2.45) is 0 Å². The van der Waals surface area contributed by atoms with E-state index in [1.54, 1.807) is 13.2 Å². The molecular formula is C17H16O3. The maximum atomic E-state index is 11.0. The number of esters is 1. The normalized spacial score (nSPS) is 10.5. The van der Waals surface area contributed by atoms with Crippen LogP contribution in [0.3, 0.4) is 0 Å². The Balaban J connectivity index is 2.14. The summed E-state index contributed by atoms with van der Waals surface area (Å²) < 4.78 is 9.69. The first kappa shape index (κ1) is 13.9. The predicted octanol–water partition coefficient (Wildman–Crippen LogP) is 3.55. The van der Waals surface area contributed by atoms with Gasteiger partial charge in [0, 0.05) is 6.08 Å². The SMILES string of the molecule is COC(=O)C=Cc1ccc(-c2ccc(OC)cc2)cc1. The Labute approximate surface area is 118 Å². The van der Waals surface area contributed by atoms with Gasteiger partial charge in [0.25, 0.3) is 0 Å². The van der Waals surface area contributed by atoms with Crippen molar-refractivity contribution in [2.45, 2.75) is 0 Å². The number of ether oxygens (including phenoxy) is 2. The molecule has 0 unspecified atom stereocenters. The molecule has 0 aliphatic carbocycles. The van der Waals surface area contributed by atoms with Gasteiger partial charge in [-0.2, -0.15) is 0 Å². The van der Waals surface area contributed by atoms with Crippen LogP contribution in [0.2, 0.25) is 0 Å². The highest BCUT2D eigenvalue weighted by atomic mass is 16.5. The summed E-state index contributed by atoms with van der Waals surface area (Å²) in [5.74, 6) is 0.482. The number of carbonyl (C=O) groups is 1. The second-order valence-electron chi connectivity index (χ2n) is 4.21. The Morgan fingerprint density at radius 2 is 1.45 bits per heavy atom. The Kier molecular flexibility index (Phi) is 4.56. The van der Waals surface area contributed by atoms with Gasteiger partial charge in [-0.25, -0.2) is 4.79 Å². The summed E-state index contributed by atoms with van der Waals surface area (Å²) >= 11 is 0. The third kappa shape index (κ3) is 3.48. The van der Waals surface area contributed by atoms with Crippen molar-refractivity contribution in [2.75, 3.05) is 14.2 Å². The molecule has 0 heterocycles. The van der Waals surface area contributed by atoms with Gasteiger partial charge in [0.2, 0.25) is 0 Å². The van der Waals surface area contributed by atoms with Crippen molar-refractivity contribution < 1.29 is 14.3 Å². The average molecular weight is 268 g/mol. The molecule has 2 aromatic carbocycles. The van der Waals surface area contributed by atoms with E-state index in [1.165, 1.54) is 13.2 Å². The second kappa shape index (κ2) is 6.57. The fourth-order valence-corrected chi connectivity index (χ4v) is 1.80. The van der Waals surface area contributed by atoms with Crippen LogP contribution in [0.5, 0.6) is 5.75 Å². The minimum absolute atomic E-state index is 0.357. The van der Waals surface area contributed by atoms with E-state index >= 15 is 0 Å². The molecule has 102 valence electrons. The zero-order valence-electron chi connectivity index (χ0n) is 11.5.